The monoisotopic (exact) mass is 393 g/mol. The van der Waals surface area contributed by atoms with E-state index in [2.05, 4.69) is 42.8 Å². The van der Waals surface area contributed by atoms with Gasteiger partial charge in [-0.1, -0.05) is 12.8 Å². The fraction of sp³-hybridized carbons (Fsp3) is 0.933. The first-order valence-electron chi connectivity index (χ1n) is 8.02. The van der Waals surface area contributed by atoms with Gasteiger partial charge in [0.2, 0.25) is 5.91 Å². The third-order valence-corrected chi connectivity index (χ3v) is 5.63. The molecule has 2 heterocycles. The quantitative estimate of drug-likeness (QED) is 0.408. The minimum absolute atomic E-state index is 0.375. The highest BCUT2D eigenvalue weighted by Gasteiger charge is 2.19. The summed E-state index contributed by atoms with van der Waals surface area (Å²) in [4.78, 5) is 16.4. The van der Waals surface area contributed by atoms with Gasteiger partial charge in [0.05, 0.1) is 0 Å². The van der Waals surface area contributed by atoms with Gasteiger partial charge in [-0.25, -0.2) is 3.11 Å². The summed E-state index contributed by atoms with van der Waals surface area (Å²) < 4.78 is 2.39. The van der Waals surface area contributed by atoms with Crippen LogP contribution < -0.4 is 0 Å². The Hall–Kier alpha value is 0.120. The van der Waals surface area contributed by atoms with Gasteiger partial charge >= 0.3 is 0 Å². The van der Waals surface area contributed by atoms with Crippen LogP contribution in [-0.4, -0.2) is 65.1 Å². The van der Waals surface area contributed by atoms with Crippen molar-refractivity contribution in [2.24, 2.45) is 5.92 Å². The number of piperidine rings is 1. The molecular weight excluding hydrogens is 365 g/mol. The topological polar surface area (TPSA) is 26.8 Å². The Morgan fingerprint density at radius 2 is 1.70 bits per heavy atom. The van der Waals surface area contributed by atoms with E-state index in [0.29, 0.717) is 5.91 Å². The SMILES string of the molecule is CN1CCN(C(=O)CCCCC2CCN(I)CC2)CC1. The molecule has 0 bridgehead atoms. The van der Waals surface area contributed by atoms with Crippen molar-refractivity contribution in [3.05, 3.63) is 0 Å². The van der Waals surface area contributed by atoms with Crippen LogP contribution in [-0.2, 0) is 4.79 Å². The average Bonchev–Trinajstić information content (AvgIpc) is 2.46. The molecule has 1 amide bonds. The predicted molar refractivity (Wildman–Crippen MR) is 90.9 cm³/mol. The second-order valence-corrected chi connectivity index (χ2v) is 7.65. The number of carbonyl (C=O) groups excluding carboxylic acids is 1. The minimum Gasteiger partial charge on any atom is -0.340 e. The highest BCUT2D eigenvalue weighted by atomic mass is 127. The molecule has 0 aromatic heterocycles. The number of unbranched alkanes of at least 4 members (excludes halogenated alkanes) is 1. The lowest BCUT2D eigenvalue weighted by atomic mass is 9.92. The van der Waals surface area contributed by atoms with E-state index in [4.69, 9.17) is 0 Å². The van der Waals surface area contributed by atoms with E-state index in [1.54, 1.807) is 0 Å². The first-order valence-corrected chi connectivity index (χ1v) is 8.98. The number of rotatable bonds is 5. The van der Waals surface area contributed by atoms with Crippen molar-refractivity contribution in [1.82, 2.24) is 12.9 Å². The van der Waals surface area contributed by atoms with Crippen LogP contribution in [0, 0.1) is 5.92 Å². The van der Waals surface area contributed by atoms with Gasteiger partial charge in [0, 0.05) is 68.6 Å². The number of hydrogen-bond donors (Lipinski definition) is 0. The molecule has 4 nitrogen and oxygen atoms in total. The van der Waals surface area contributed by atoms with E-state index in [9.17, 15) is 4.79 Å². The standard InChI is InChI=1S/C15H28IN3O/c1-17-10-12-18(13-11-17)15(20)5-3-2-4-14-6-8-19(16)9-7-14/h14H,2-13H2,1H3. The van der Waals surface area contributed by atoms with Crippen LogP contribution in [0.2, 0.25) is 0 Å². The van der Waals surface area contributed by atoms with Crippen LogP contribution in [0.4, 0.5) is 0 Å². The Labute approximate surface area is 137 Å². The summed E-state index contributed by atoms with van der Waals surface area (Å²) in [6, 6.07) is 0. The van der Waals surface area contributed by atoms with Gasteiger partial charge in [0.15, 0.2) is 0 Å². The molecule has 116 valence electrons. The molecule has 0 N–H and O–H groups in total. The fourth-order valence-electron chi connectivity index (χ4n) is 3.11. The lowest BCUT2D eigenvalue weighted by Crippen LogP contribution is -2.47. The number of halogens is 1. The normalized spacial score (nSPS) is 23.2. The van der Waals surface area contributed by atoms with Gasteiger partial charge in [0.25, 0.3) is 0 Å². The van der Waals surface area contributed by atoms with Crippen molar-refractivity contribution in [3.8, 4) is 0 Å². The maximum atomic E-state index is 12.1. The van der Waals surface area contributed by atoms with E-state index in [1.807, 2.05) is 0 Å². The summed E-state index contributed by atoms with van der Waals surface area (Å²) in [6.07, 6.45) is 7.07. The highest BCUT2D eigenvalue weighted by Crippen LogP contribution is 2.24. The van der Waals surface area contributed by atoms with Crippen LogP contribution >= 0.6 is 22.9 Å². The van der Waals surface area contributed by atoms with Crippen molar-refractivity contribution in [3.63, 3.8) is 0 Å². The largest absolute Gasteiger partial charge is 0.340 e. The molecule has 0 atom stereocenters. The van der Waals surface area contributed by atoms with Crippen molar-refractivity contribution in [1.29, 1.82) is 0 Å². The van der Waals surface area contributed by atoms with Crippen molar-refractivity contribution in [2.75, 3.05) is 46.3 Å². The van der Waals surface area contributed by atoms with Gasteiger partial charge < -0.3 is 9.80 Å². The van der Waals surface area contributed by atoms with Crippen LogP contribution in [0.25, 0.3) is 0 Å². The second kappa shape index (κ2) is 8.54. The van der Waals surface area contributed by atoms with Crippen molar-refractivity contribution < 1.29 is 4.79 Å². The first kappa shape index (κ1) is 16.5. The van der Waals surface area contributed by atoms with E-state index < -0.39 is 0 Å². The smallest absolute Gasteiger partial charge is 0.222 e. The van der Waals surface area contributed by atoms with Gasteiger partial charge in [-0.05, 0) is 32.2 Å². The number of carbonyl (C=O) groups is 1. The lowest BCUT2D eigenvalue weighted by Gasteiger charge is -2.32. The molecule has 2 saturated heterocycles. The van der Waals surface area contributed by atoms with Crippen LogP contribution in [0.15, 0.2) is 0 Å². The summed E-state index contributed by atoms with van der Waals surface area (Å²) in [5.74, 6) is 1.28. The molecule has 0 aliphatic carbocycles. The first-order chi connectivity index (χ1) is 9.65. The molecular formula is C15H28IN3O. The average molecular weight is 393 g/mol. The lowest BCUT2D eigenvalue weighted by molar-refractivity contribution is -0.132. The Kier molecular flexibility index (Phi) is 7.04. The Balaban J connectivity index is 1.53. The molecule has 0 spiro atoms. The van der Waals surface area contributed by atoms with E-state index in [0.717, 1.165) is 44.9 Å². The van der Waals surface area contributed by atoms with Gasteiger partial charge in [-0.15, -0.1) is 0 Å². The highest BCUT2D eigenvalue weighted by molar-refractivity contribution is 14.1. The predicted octanol–water partition coefficient (Wildman–Crippen LogP) is 2.38. The molecule has 2 rings (SSSR count). The second-order valence-electron chi connectivity index (χ2n) is 6.28. The number of nitrogens with zero attached hydrogens (tertiary/aromatic N) is 3. The zero-order valence-electron chi connectivity index (χ0n) is 12.7. The summed E-state index contributed by atoms with van der Waals surface area (Å²) in [6.45, 7) is 6.38. The number of likely N-dealkylation sites (N-methyl/N-ethyl adjacent to an activating group) is 1. The summed E-state index contributed by atoms with van der Waals surface area (Å²) in [5, 5.41) is 0. The van der Waals surface area contributed by atoms with Crippen LogP contribution in [0.1, 0.15) is 38.5 Å². The van der Waals surface area contributed by atoms with Crippen LogP contribution in [0.3, 0.4) is 0 Å². The maximum Gasteiger partial charge on any atom is 0.222 e. The third-order valence-electron chi connectivity index (χ3n) is 4.67. The minimum atomic E-state index is 0.375. The Bertz CT molecular complexity index is 297. The van der Waals surface area contributed by atoms with Gasteiger partial charge in [-0.2, -0.15) is 0 Å². The summed E-state index contributed by atoms with van der Waals surface area (Å²) in [5.41, 5.74) is 0. The van der Waals surface area contributed by atoms with Crippen LogP contribution in [0.5, 0.6) is 0 Å². The van der Waals surface area contributed by atoms with Gasteiger partial charge in [0.1, 0.15) is 0 Å². The zero-order valence-corrected chi connectivity index (χ0v) is 14.8. The molecule has 0 aromatic carbocycles. The number of amides is 1. The third kappa shape index (κ3) is 5.48. The Morgan fingerprint density at radius 3 is 2.35 bits per heavy atom. The van der Waals surface area contributed by atoms with E-state index in [-0.39, 0.29) is 0 Å². The molecule has 2 fully saturated rings. The molecule has 0 aromatic rings. The number of piperazine rings is 1. The fourth-order valence-corrected chi connectivity index (χ4v) is 3.67. The molecule has 0 saturated carbocycles. The maximum absolute atomic E-state index is 12.1. The Morgan fingerprint density at radius 1 is 1.05 bits per heavy atom. The molecule has 2 aliphatic heterocycles. The molecule has 20 heavy (non-hydrogen) atoms. The molecule has 2 aliphatic rings. The van der Waals surface area contributed by atoms with Crippen molar-refractivity contribution in [2.45, 2.75) is 38.5 Å². The molecule has 0 unspecified atom stereocenters. The zero-order chi connectivity index (χ0) is 14.4. The molecule has 5 heteroatoms. The van der Waals surface area contributed by atoms with E-state index in [1.165, 1.54) is 38.8 Å². The van der Waals surface area contributed by atoms with E-state index >= 15 is 0 Å². The summed E-state index contributed by atoms with van der Waals surface area (Å²) in [7, 11) is 2.13. The van der Waals surface area contributed by atoms with Gasteiger partial charge in [-0.3, -0.25) is 4.79 Å². The van der Waals surface area contributed by atoms with Crippen molar-refractivity contribution >= 4 is 28.8 Å². The number of hydrogen-bond acceptors (Lipinski definition) is 3. The molecule has 0 radical (unpaired) electrons. The summed E-state index contributed by atoms with van der Waals surface area (Å²) >= 11 is 2.43.